The van der Waals surface area contributed by atoms with Gasteiger partial charge in [-0.15, -0.1) is 0 Å². The predicted octanol–water partition coefficient (Wildman–Crippen LogP) is 2.68. The molecule has 0 amide bonds. The summed E-state index contributed by atoms with van der Waals surface area (Å²) in [6.07, 6.45) is 6.65. The molecule has 0 spiro atoms. The molecular weight excluding hydrogens is 332 g/mol. The molecular formula is C14H13BrN6. The lowest BCUT2D eigenvalue weighted by Crippen LogP contribution is -2.19. The highest BCUT2D eigenvalue weighted by Crippen LogP contribution is 2.19. The predicted molar refractivity (Wildman–Crippen MR) is 82.6 cm³/mol. The van der Waals surface area contributed by atoms with Gasteiger partial charge >= 0.3 is 0 Å². The van der Waals surface area contributed by atoms with Crippen LogP contribution in [0.2, 0.25) is 0 Å². The number of nitrogens with one attached hydrogen (secondary N) is 1. The number of benzene rings is 1. The van der Waals surface area contributed by atoms with Crippen LogP contribution in [-0.2, 0) is 6.54 Å². The highest BCUT2D eigenvalue weighted by molar-refractivity contribution is 9.10. The van der Waals surface area contributed by atoms with E-state index >= 15 is 0 Å². The van der Waals surface area contributed by atoms with Crippen molar-refractivity contribution in [3.05, 3.63) is 65.4 Å². The number of halogens is 1. The van der Waals surface area contributed by atoms with Crippen LogP contribution in [0.1, 0.15) is 11.6 Å². The Bertz CT molecular complexity index is 668. The average molecular weight is 345 g/mol. The van der Waals surface area contributed by atoms with E-state index in [0.717, 1.165) is 10.0 Å². The molecule has 21 heavy (non-hydrogen) atoms. The normalized spacial score (nSPS) is 12.0. The number of hydrogen-bond donors (Lipinski definition) is 1. The van der Waals surface area contributed by atoms with E-state index in [1.165, 1.54) is 6.33 Å². The Morgan fingerprint density at radius 3 is 2.57 bits per heavy atom. The van der Waals surface area contributed by atoms with Gasteiger partial charge in [-0.25, -0.2) is 15.0 Å². The topological polar surface area (TPSA) is 68.5 Å². The summed E-state index contributed by atoms with van der Waals surface area (Å²) in [5, 5.41) is 7.48. The van der Waals surface area contributed by atoms with Crippen molar-refractivity contribution in [2.45, 2.75) is 12.6 Å². The summed E-state index contributed by atoms with van der Waals surface area (Å²) >= 11 is 3.33. The molecule has 0 unspecified atom stereocenters. The summed E-state index contributed by atoms with van der Waals surface area (Å²) < 4.78 is 2.63. The van der Waals surface area contributed by atoms with Gasteiger partial charge in [0.05, 0.1) is 17.1 Å². The van der Waals surface area contributed by atoms with Gasteiger partial charge in [-0.3, -0.25) is 4.68 Å². The number of nitrogens with zero attached hydrogens (tertiary/aromatic N) is 5. The monoisotopic (exact) mass is 344 g/mol. The lowest BCUT2D eigenvalue weighted by Gasteiger charge is -2.19. The first-order valence-electron chi connectivity index (χ1n) is 6.43. The first-order chi connectivity index (χ1) is 10.3. The molecule has 106 valence electrons. The smallest absolute Gasteiger partial charge is 0.223 e. The Morgan fingerprint density at radius 1 is 1.14 bits per heavy atom. The van der Waals surface area contributed by atoms with E-state index < -0.39 is 0 Å². The van der Waals surface area contributed by atoms with Crippen molar-refractivity contribution in [3.63, 3.8) is 0 Å². The molecule has 3 aromatic rings. The van der Waals surface area contributed by atoms with E-state index in [9.17, 15) is 0 Å². The van der Waals surface area contributed by atoms with Gasteiger partial charge in [0.2, 0.25) is 5.95 Å². The third-order valence-corrected chi connectivity index (χ3v) is 3.37. The molecule has 0 radical (unpaired) electrons. The molecule has 3 rings (SSSR count). The Labute approximate surface area is 130 Å². The lowest BCUT2D eigenvalue weighted by molar-refractivity contribution is 0.547. The third kappa shape index (κ3) is 3.63. The van der Waals surface area contributed by atoms with E-state index in [2.05, 4.69) is 53.4 Å². The Kier molecular flexibility index (Phi) is 4.20. The second-order valence-corrected chi connectivity index (χ2v) is 5.37. The van der Waals surface area contributed by atoms with Crippen LogP contribution in [0.4, 0.5) is 5.95 Å². The zero-order valence-electron chi connectivity index (χ0n) is 11.1. The molecule has 1 aromatic carbocycles. The van der Waals surface area contributed by atoms with E-state index in [-0.39, 0.29) is 6.04 Å². The van der Waals surface area contributed by atoms with Crippen molar-refractivity contribution < 1.29 is 0 Å². The maximum Gasteiger partial charge on any atom is 0.223 e. The minimum atomic E-state index is 0.00840. The first kappa shape index (κ1) is 13.7. The molecule has 1 atom stereocenters. The molecule has 2 aromatic heterocycles. The largest absolute Gasteiger partial charge is 0.346 e. The van der Waals surface area contributed by atoms with Gasteiger partial charge in [-0.2, -0.15) is 5.10 Å². The first-order valence-corrected chi connectivity index (χ1v) is 7.22. The van der Waals surface area contributed by atoms with Crippen LogP contribution in [0.3, 0.4) is 0 Å². The Hall–Kier alpha value is -2.28. The van der Waals surface area contributed by atoms with Crippen molar-refractivity contribution in [2.75, 3.05) is 5.32 Å². The van der Waals surface area contributed by atoms with Gasteiger partial charge in [-0.05, 0) is 21.5 Å². The summed E-state index contributed by atoms with van der Waals surface area (Å²) in [6.45, 7) is 0.642. The number of anilines is 1. The highest BCUT2D eigenvalue weighted by atomic mass is 79.9. The lowest BCUT2D eigenvalue weighted by atomic mass is 10.1. The Morgan fingerprint density at radius 2 is 1.90 bits per heavy atom. The minimum absolute atomic E-state index is 0.00840. The van der Waals surface area contributed by atoms with Gasteiger partial charge < -0.3 is 5.32 Å². The number of rotatable bonds is 5. The molecule has 6 nitrogen and oxygen atoms in total. The molecule has 0 fully saturated rings. The van der Waals surface area contributed by atoms with Crippen molar-refractivity contribution in [3.8, 4) is 0 Å². The quantitative estimate of drug-likeness (QED) is 0.770. The fraction of sp³-hybridized carbons (Fsp3) is 0.143. The molecule has 0 saturated heterocycles. The molecule has 0 saturated carbocycles. The average Bonchev–Trinajstić information content (AvgIpc) is 3.03. The van der Waals surface area contributed by atoms with Crippen molar-refractivity contribution in [2.24, 2.45) is 0 Å². The molecule has 0 aliphatic rings. The van der Waals surface area contributed by atoms with Gasteiger partial charge in [0.25, 0.3) is 0 Å². The van der Waals surface area contributed by atoms with Crippen molar-refractivity contribution >= 4 is 21.9 Å². The highest BCUT2D eigenvalue weighted by Gasteiger charge is 2.13. The van der Waals surface area contributed by atoms with Crippen LogP contribution in [0, 0.1) is 0 Å². The summed E-state index contributed by atoms with van der Waals surface area (Å²) in [5.41, 5.74) is 1.14. The zero-order valence-corrected chi connectivity index (χ0v) is 12.7. The van der Waals surface area contributed by atoms with Gasteiger partial charge in [0, 0.05) is 12.4 Å². The van der Waals surface area contributed by atoms with Crippen LogP contribution in [0.15, 0.2) is 59.9 Å². The molecule has 0 bridgehead atoms. The van der Waals surface area contributed by atoms with Gasteiger partial charge in [0.15, 0.2) is 0 Å². The van der Waals surface area contributed by atoms with Crippen LogP contribution in [0.25, 0.3) is 0 Å². The van der Waals surface area contributed by atoms with E-state index in [1.807, 2.05) is 18.2 Å². The number of aromatic nitrogens is 5. The summed E-state index contributed by atoms with van der Waals surface area (Å²) in [7, 11) is 0. The van der Waals surface area contributed by atoms with Crippen molar-refractivity contribution in [1.82, 2.24) is 24.7 Å². The molecule has 7 heteroatoms. The SMILES string of the molecule is Brc1cnc(N[C@H](Cn2cncn2)c2ccccc2)nc1. The standard InChI is InChI=1S/C14H13BrN6/c15-12-6-17-14(18-7-12)20-13(8-21-10-16-9-19-21)11-4-2-1-3-5-11/h1-7,9-10,13H,8H2,(H,17,18,20)/t13-/m1/s1. The Balaban J connectivity index is 1.83. The minimum Gasteiger partial charge on any atom is -0.346 e. The number of hydrogen-bond acceptors (Lipinski definition) is 5. The second kappa shape index (κ2) is 6.45. The fourth-order valence-corrected chi connectivity index (χ4v) is 2.18. The van der Waals surface area contributed by atoms with E-state index in [0.29, 0.717) is 12.5 Å². The van der Waals surface area contributed by atoms with Crippen LogP contribution < -0.4 is 5.32 Å². The zero-order chi connectivity index (χ0) is 14.5. The maximum absolute atomic E-state index is 4.26. The van der Waals surface area contributed by atoms with Crippen molar-refractivity contribution in [1.29, 1.82) is 0 Å². The molecule has 2 heterocycles. The summed E-state index contributed by atoms with van der Waals surface area (Å²) in [5.74, 6) is 0.576. The van der Waals surface area contributed by atoms with Crippen LogP contribution in [0.5, 0.6) is 0 Å². The van der Waals surface area contributed by atoms with Gasteiger partial charge in [-0.1, -0.05) is 30.3 Å². The fourth-order valence-electron chi connectivity index (χ4n) is 1.98. The third-order valence-electron chi connectivity index (χ3n) is 2.96. The summed E-state index contributed by atoms with van der Waals surface area (Å²) in [6, 6.07) is 10.1. The van der Waals surface area contributed by atoms with E-state index in [4.69, 9.17) is 0 Å². The summed E-state index contributed by atoms with van der Waals surface area (Å²) in [4.78, 5) is 12.5. The maximum atomic E-state index is 4.26. The van der Waals surface area contributed by atoms with Crippen LogP contribution >= 0.6 is 15.9 Å². The molecule has 0 aliphatic carbocycles. The molecule has 0 aliphatic heterocycles. The molecule has 1 N–H and O–H groups in total. The van der Waals surface area contributed by atoms with Gasteiger partial charge in [0.1, 0.15) is 12.7 Å². The van der Waals surface area contributed by atoms with E-state index in [1.54, 1.807) is 23.4 Å². The van der Waals surface area contributed by atoms with Crippen LogP contribution in [-0.4, -0.2) is 24.7 Å². The second-order valence-electron chi connectivity index (χ2n) is 4.45.